The minimum absolute atomic E-state index is 0.00966. The van der Waals surface area contributed by atoms with E-state index in [2.05, 4.69) is 21.6 Å². The van der Waals surface area contributed by atoms with Gasteiger partial charge in [-0.2, -0.15) is 0 Å². The molecule has 4 fully saturated rings. The number of rotatable bonds is 7. The lowest BCUT2D eigenvalue weighted by Crippen LogP contribution is -2.74. The maximum atomic E-state index is 13.3. The van der Waals surface area contributed by atoms with Gasteiger partial charge in [0.1, 0.15) is 17.7 Å². The maximum absolute atomic E-state index is 13.3. The smallest absolute Gasteiger partial charge is 0.323 e. The third kappa shape index (κ3) is 3.36. The van der Waals surface area contributed by atoms with Crippen LogP contribution in [0.5, 0.6) is 11.5 Å². The Morgan fingerprint density at radius 2 is 1.97 bits per heavy atom. The molecule has 7 rings (SSSR count). The first-order valence-electron chi connectivity index (χ1n) is 14.9. The van der Waals surface area contributed by atoms with Crippen LogP contribution in [0, 0.1) is 11.8 Å². The Labute approximate surface area is 231 Å². The summed E-state index contributed by atoms with van der Waals surface area (Å²) in [4.78, 5) is 28.9. The molecule has 212 valence electrons. The number of esters is 1. The van der Waals surface area contributed by atoms with Crippen molar-refractivity contribution in [1.82, 2.24) is 15.5 Å². The molecule has 1 aromatic carbocycles. The number of carbonyl (C=O) groups excluding carboxylic acids is 2. The highest BCUT2D eigenvalue weighted by atomic mass is 16.6. The molecule has 6 aliphatic rings. The minimum atomic E-state index is -0.577. The largest absolute Gasteiger partial charge is 0.504 e. The van der Waals surface area contributed by atoms with Gasteiger partial charge in [0.05, 0.1) is 17.0 Å². The molecular formula is C31H43N3O5. The third-order valence-electron chi connectivity index (χ3n) is 10.6. The summed E-state index contributed by atoms with van der Waals surface area (Å²) in [7, 11) is 0. The number of likely N-dealkylation sites (tertiary alicyclic amines) is 1. The molecule has 1 aromatic rings. The lowest BCUT2D eigenvalue weighted by atomic mass is 9.54. The summed E-state index contributed by atoms with van der Waals surface area (Å²) >= 11 is 0. The molecule has 3 saturated carbocycles. The molecule has 2 spiro atoms. The molecule has 4 aliphatic carbocycles. The maximum Gasteiger partial charge on any atom is 0.323 e. The summed E-state index contributed by atoms with van der Waals surface area (Å²) in [6, 6.07) is 3.49. The molecule has 8 atom stereocenters. The van der Waals surface area contributed by atoms with Crippen LogP contribution >= 0.6 is 0 Å². The summed E-state index contributed by atoms with van der Waals surface area (Å²) in [6.45, 7) is 12.5. The SMILES string of the molecule is CC(=O)N[C@@]12CC[C@H](N[C@@H](C(=O)OC(C)(C)C)C(C)C)[C@@H]3Oc4c(O)ccc5c4[C@@]31CC1(C5)C2N1CC1CC1. The van der Waals surface area contributed by atoms with Crippen molar-refractivity contribution in [3.63, 3.8) is 0 Å². The lowest BCUT2D eigenvalue weighted by molar-refractivity contribution is -0.159. The van der Waals surface area contributed by atoms with Crippen molar-refractivity contribution >= 4 is 11.9 Å². The number of phenols is 1. The number of amides is 1. The quantitative estimate of drug-likeness (QED) is 0.363. The van der Waals surface area contributed by atoms with Crippen molar-refractivity contribution in [3.8, 4) is 11.5 Å². The van der Waals surface area contributed by atoms with Crippen LogP contribution in [-0.2, 0) is 26.2 Å². The average molecular weight is 538 g/mol. The minimum Gasteiger partial charge on any atom is -0.504 e. The first-order valence-corrected chi connectivity index (χ1v) is 14.9. The van der Waals surface area contributed by atoms with E-state index in [1.165, 1.54) is 18.4 Å². The summed E-state index contributed by atoms with van der Waals surface area (Å²) < 4.78 is 12.6. The molecule has 2 bridgehead atoms. The molecular weight excluding hydrogens is 494 g/mol. The fourth-order valence-corrected chi connectivity index (χ4v) is 9.28. The number of benzene rings is 1. The van der Waals surface area contributed by atoms with E-state index < -0.39 is 22.6 Å². The van der Waals surface area contributed by atoms with E-state index in [-0.39, 0.29) is 47.3 Å². The normalized spacial score (nSPS) is 39.5. The van der Waals surface area contributed by atoms with Gasteiger partial charge in [-0.25, -0.2) is 0 Å². The number of nitrogens with one attached hydrogen (secondary N) is 2. The standard InChI is InChI=1S/C31H43N3O5/c1-16(2)23(26(37)39-28(4,5)6)32-20-11-12-31(33-17(3)35)27-29(34(27)14-18-7-8-18)13-19-9-10-21(36)24-22(19)30(31,15-29)25(20)38-24/h9-10,16,18,20,23,25,27,32,36H,7-8,11-15H2,1-6H3,(H,33,35)/t20-,23+,25-,27?,29?,30-,31+,34?/m0/s1. The van der Waals surface area contributed by atoms with Gasteiger partial charge in [-0.1, -0.05) is 19.9 Å². The molecule has 2 aliphatic heterocycles. The number of nitrogens with zero attached hydrogens (tertiary/aromatic N) is 1. The first kappa shape index (κ1) is 25.6. The van der Waals surface area contributed by atoms with E-state index in [9.17, 15) is 14.7 Å². The van der Waals surface area contributed by atoms with Crippen LogP contribution in [0.15, 0.2) is 12.1 Å². The van der Waals surface area contributed by atoms with Gasteiger partial charge < -0.3 is 19.9 Å². The fraction of sp³-hybridized carbons (Fsp3) is 0.742. The number of hydrogen-bond acceptors (Lipinski definition) is 7. The second kappa shape index (κ2) is 7.90. The molecule has 3 N–H and O–H groups in total. The van der Waals surface area contributed by atoms with Gasteiger partial charge in [0, 0.05) is 30.6 Å². The lowest BCUT2D eigenvalue weighted by Gasteiger charge is -2.56. The van der Waals surface area contributed by atoms with Crippen molar-refractivity contribution in [2.24, 2.45) is 11.8 Å². The van der Waals surface area contributed by atoms with Crippen LogP contribution in [-0.4, -0.2) is 69.3 Å². The summed E-state index contributed by atoms with van der Waals surface area (Å²) in [6.07, 6.45) is 5.67. The molecule has 0 radical (unpaired) electrons. The van der Waals surface area contributed by atoms with Crippen LogP contribution in [0.4, 0.5) is 0 Å². The summed E-state index contributed by atoms with van der Waals surface area (Å²) in [5.41, 5.74) is 0.828. The Hall–Kier alpha value is -2.32. The van der Waals surface area contributed by atoms with Gasteiger partial charge in [-0.15, -0.1) is 0 Å². The molecule has 1 saturated heterocycles. The van der Waals surface area contributed by atoms with E-state index in [1.54, 1.807) is 13.0 Å². The number of piperidine rings is 1. The Bertz CT molecular complexity index is 1250. The number of ether oxygens (including phenoxy) is 2. The van der Waals surface area contributed by atoms with Crippen molar-refractivity contribution in [2.75, 3.05) is 6.54 Å². The molecule has 3 unspecified atom stereocenters. The zero-order chi connectivity index (χ0) is 27.7. The van der Waals surface area contributed by atoms with Gasteiger partial charge in [0.15, 0.2) is 11.5 Å². The van der Waals surface area contributed by atoms with E-state index in [0.29, 0.717) is 5.75 Å². The summed E-state index contributed by atoms with van der Waals surface area (Å²) in [5.74, 6) is 1.26. The highest BCUT2D eigenvalue weighted by Gasteiger charge is 2.88. The van der Waals surface area contributed by atoms with Gasteiger partial charge >= 0.3 is 5.97 Å². The van der Waals surface area contributed by atoms with Gasteiger partial charge in [0.2, 0.25) is 5.91 Å². The molecule has 39 heavy (non-hydrogen) atoms. The van der Waals surface area contributed by atoms with Gasteiger partial charge in [-0.3, -0.25) is 19.8 Å². The second-order valence-corrected chi connectivity index (χ2v) is 14.6. The van der Waals surface area contributed by atoms with Crippen LogP contribution in [0.25, 0.3) is 0 Å². The van der Waals surface area contributed by atoms with E-state index in [4.69, 9.17) is 9.47 Å². The van der Waals surface area contributed by atoms with E-state index in [1.807, 2.05) is 34.6 Å². The molecule has 1 amide bonds. The topological polar surface area (TPSA) is 99.9 Å². The van der Waals surface area contributed by atoms with Crippen LogP contribution in [0.2, 0.25) is 0 Å². The first-order chi connectivity index (χ1) is 18.3. The zero-order valence-corrected chi connectivity index (χ0v) is 24.1. The highest BCUT2D eigenvalue weighted by molar-refractivity contribution is 5.78. The fourth-order valence-electron chi connectivity index (χ4n) is 9.28. The predicted molar refractivity (Wildman–Crippen MR) is 146 cm³/mol. The average Bonchev–Trinajstić information content (AvgIpc) is 3.69. The second-order valence-electron chi connectivity index (χ2n) is 14.6. The number of fused-ring (bicyclic) bond motifs is 1. The summed E-state index contributed by atoms with van der Waals surface area (Å²) in [5, 5.41) is 18.2. The Morgan fingerprint density at radius 1 is 1.23 bits per heavy atom. The zero-order valence-electron chi connectivity index (χ0n) is 24.1. The number of phenolic OH excluding ortho intramolecular Hbond substituents is 1. The van der Waals surface area contributed by atoms with Crippen LogP contribution in [0.3, 0.4) is 0 Å². The van der Waals surface area contributed by atoms with Gasteiger partial charge in [-0.05, 0) is 82.8 Å². The molecule has 8 heteroatoms. The van der Waals surface area contributed by atoms with E-state index in [0.717, 1.165) is 43.7 Å². The van der Waals surface area contributed by atoms with Crippen LogP contribution < -0.4 is 15.4 Å². The number of carbonyl (C=O) groups is 2. The highest BCUT2D eigenvalue weighted by Crippen LogP contribution is 2.77. The number of hydrogen-bond donors (Lipinski definition) is 3. The van der Waals surface area contributed by atoms with Crippen molar-refractivity contribution < 1.29 is 24.2 Å². The van der Waals surface area contributed by atoms with E-state index >= 15 is 0 Å². The van der Waals surface area contributed by atoms with Crippen LogP contribution in [0.1, 0.15) is 84.8 Å². The van der Waals surface area contributed by atoms with Crippen molar-refractivity contribution in [3.05, 3.63) is 23.3 Å². The Morgan fingerprint density at radius 3 is 2.62 bits per heavy atom. The Balaban J connectivity index is 1.32. The molecule has 0 aromatic heterocycles. The van der Waals surface area contributed by atoms with Gasteiger partial charge in [0.25, 0.3) is 0 Å². The predicted octanol–water partition coefficient (Wildman–Crippen LogP) is 3.18. The van der Waals surface area contributed by atoms with Crippen molar-refractivity contribution in [1.29, 1.82) is 0 Å². The Kier molecular flexibility index (Phi) is 5.20. The third-order valence-corrected chi connectivity index (χ3v) is 10.6. The number of aromatic hydroxyl groups is 1. The van der Waals surface area contributed by atoms with Crippen molar-refractivity contribution in [2.45, 2.75) is 126 Å². The molecule has 8 nitrogen and oxygen atoms in total. The molecule has 2 heterocycles. The monoisotopic (exact) mass is 537 g/mol.